The van der Waals surface area contributed by atoms with E-state index >= 15 is 0 Å². The Hall–Kier alpha value is -1.78. The number of aromatic amines is 1. The first-order valence-corrected chi connectivity index (χ1v) is 7.15. The van der Waals surface area contributed by atoms with Crippen LogP contribution < -0.4 is 5.32 Å². The fraction of sp³-hybridized carbons (Fsp3) is 0.133. The van der Waals surface area contributed by atoms with Gasteiger partial charge < -0.3 is 5.32 Å². The van der Waals surface area contributed by atoms with Crippen LogP contribution in [-0.2, 0) is 0 Å². The van der Waals surface area contributed by atoms with Crippen LogP contribution in [0.1, 0.15) is 18.5 Å². The maximum absolute atomic E-state index is 13.6. The normalized spacial score (nSPS) is 12.6. The fourth-order valence-electron chi connectivity index (χ4n) is 2.34. The molecule has 6 heteroatoms. The van der Waals surface area contributed by atoms with Crippen molar-refractivity contribution >= 4 is 39.8 Å². The number of hydrogen-bond donors (Lipinski definition) is 2. The summed E-state index contributed by atoms with van der Waals surface area (Å²) < 4.78 is 13.6. The molecule has 1 heterocycles. The predicted molar refractivity (Wildman–Crippen MR) is 84.6 cm³/mol. The summed E-state index contributed by atoms with van der Waals surface area (Å²) in [5.74, 6) is -0.480. The van der Waals surface area contributed by atoms with Crippen LogP contribution in [0.4, 0.5) is 10.1 Å². The minimum absolute atomic E-state index is 0.0434. The lowest BCUT2D eigenvalue weighted by Crippen LogP contribution is -2.09. The molecular formula is C15H12Cl2FN3. The van der Waals surface area contributed by atoms with Crippen LogP contribution in [0.3, 0.4) is 0 Å². The molecule has 1 unspecified atom stereocenters. The summed E-state index contributed by atoms with van der Waals surface area (Å²) in [7, 11) is 0. The van der Waals surface area contributed by atoms with Gasteiger partial charge in [0.25, 0.3) is 0 Å². The molecule has 3 nitrogen and oxygen atoms in total. The van der Waals surface area contributed by atoms with Crippen molar-refractivity contribution in [3.05, 3.63) is 58.0 Å². The Morgan fingerprint density at radius 2 is 2.05 bits per heavy atom. The third kappa shape index (κ3) is 2.57. The lowest BCUT2D eigenvalue weighted by atomic mass is 10.1. The zero-order valence-corrected chi connectivity index (χ0v) is 12.6. The summed E-state index contributed by atoms with van der Waals surface area (Å²) >= 11 is 12.2. The largest absolute Gasteiger partial charge is 0.378 e. The number of nitrogens with one attached hydrogen (secondary N) is 2. The molecule has 3 aromatic rings. The van der Waals surface area contributed by atoms with Crippen molar-refractivity contribution in [1.29, 1.82) is 0 Å². The van der Waals surface area contributed by atoms with Gasteiger partial charge in [-0.2, -0.15) is 5.10 Å². The van der Waals surface area contributed by atoms with Crippen LogP contribution in [-0.4, -0.2) is 10.2 Å². The maximum Gasteiger partial charge on any atom is 0.142 e. The second-order valence-corrected chi connectivity index (χ2v) is 5.54. The monoisotopic (exact) mass is 323 g/mol. The van der Waals surface area contributed by atoms with Crippen LogP contribution in [0.2, 0.25) is 10.0 Å². The summed E-state index contributed by atoms with van der Waals surface area (Å²) in [4.78, 5) is 0. The Bertz CT molecular complexity index is 801. The lowest BCUT2D eigenvalue weighted by molar-refractivity contribution is 0.624. The minimum atomic E-state index is -0.480. The first kappa shape index (κ1) is 14.2. The second kappa shape index (κ2) is 5.54. The summed E-state index contributed by atoms with van der Waals surface area (Å²) in [5.41, 5.74) is 2.34. The summed E-state index contributed by atoms with van der Waals surface area (Å²) in [6.45, 7) is 1.88. The third-order valence-electron chi connectivity index (χ3n) is 3.37. The van der Waals surface area contributed by atoms with E-state index in [4.69, 9.17) is 23.2 Å². The van der Waals surface area contributed by atoms with Crippen molar-refractivity contribution in [2.75, 3.05) is 5.32 Å². The number of nitrogens with zero attached hydrogens (tertiary/aromatic N) is 1. The van der Waals surface area contributed by atoms with Gasteiger partial charge in [-0.15, -0.1) is 0 Å². The van der Waals surface area contributed by atoms with Gasteiger partial charge in [-0.05, 0) is 31.2 Å². The van der Waals surface area contributed by atoms with Crippen molar-refractivity contribution in [1.82, 2.24) is 10.2 Å². The van der Waals surface area contributed by atoms with Gasteiger partial charge in [0, 0.05) is 21.7 Å². The summed E-state index contributed by atoms with van der Waals surface area (Å²) in [6.07, 6.45) is 1.74. The van der Waals surface area contributed by atoms with E-state index in [1.165, 1.54) is 12.1 Å². The van der Waals surface area contributed by atoms with E-state index in [9.17, 15) is 4.39 Å². The van der Waals surface area contributed by atoms with Gasteiger partial charge in [-0.3, -0.25) is 5.10 Å². The van der Waals surface area contributed by atoms with E-state index in [0.717, 1.165) is 16.6 Å². The number of rotatable bonds is 3. The highest BCUT2D eigenvalue weighted by atomic mass is 35.5. The van der Waals surface area contributed by atoms with Crippen LogP contribution in [0, 0.1) is 5.82 Å². The van der Waals surface area contributed by atoms with E-state index in [0.29, 0.717) is 10.6 Å². The predicted octanol–water partition coefficient (Wildman–Crippen LogP) is 5.18. The first-order chi connectivity index (χ1) is 10.1. The molecule has 0 bridgehead atoms. The van der Waals surface area contributed by atoms with Gasteiger partial charge in [0.2, 0.25) is 0 Å². The van der Waals surface area contributed by atoms with Gasteiger partial charge in [0.1, 0.15) is 5.82 Å². The molecule has 0 aliphatic heterocycles. The van der Waals surface area contributed by atoms with Crippen molar-refractivity contribution < 1.29 is 4.39 Å². The molecule has 0 saturated heterocycles. The van der Waals surface area contributed by atoms with Crippen LogP contribution in [0.5, 0.6) is 0 Å². The topological polar surface area (TPSA) is 40.7 Å². The van der Waals surface area contributed by atoms with E-state index in [-0.39, 0.29) is 11.1 Å². The molecule has 0 amide bonds. The molecule has 0 aliphatic carbocycles. The van der Waals surface area contributed by atoms with Crippen molar-refractivity contribution in [3.8, 4) is 0 Å². The van der Waals surface area contributed by atoms with Gasteiger partial charge in [0.15, 0.2) is 0 Å². The lowest BCUT2D eigenvalue weighted by Gasteiger charge is -2.19. The molecule has 3 rings (SSSR count). The Morgan fingerprint density at radius 1 is 1.24 bits per heavy atom. The van der Waals surface area contributed by atoms with E-state index in [1.54, 1.807) is 6.20 Å². The third-order valence-corrected chi connectivity index (χ3v) is 4.08. The first-order valence-electron chi connectivity index (χ1n) is 6.40. The highest BCUT2D eigenvalue weighted by Crippen LogP contribution is 2.35. The molecule has 21 heavy (non-hydrogen) atoms. The Kier molecular flexibility index (Phi) is 3.74. The van der Waals surface area contributed by atoms with Gasteiger partial charge in [-0.1, -0.05) is 29.3 Å². The highest BCUT2D eigenvalue weighted by Gasteiger charge is 2.17. The van der Waals surface area contributed by atoms with Gasteiger partial charge >= 0.3 is 0 Å². The van der Waals surface area contributed by atoms with Gasteiger partial charge in [-0.25, -0.2) is 4.39 Å². The van der Waals surface area contributed by atoms with Crippen molar-refractivity contribution in [2.24, 2.45) is 0 Å². The highest BCUT2D eigenvalue weighted by molar-refractivity contribution is 6.36. The number of fused-ring (bicyclic) bond motifs is 1. The van der Waals surface area contributed by atoms with Crippen LogP contribution in [0.25, 0.3) is 10.9 Å². The zero-order valence-electron chi connectivity index (χ0n) is 11.1. The number of halogens is 3. The molecule has 0 fully saturated rings. The number of hydrogen-bond acceptors (Lipinski definition) is 2. The van der Waals surface area contributed by atoms with E-state index in [2.05, 4.69) is 15.5 Å². The molecule has 1 aromatic heterocycles. The quantitative estimate of drug-likeness (QED) is 0.652. The van der Waals surface area contributed by atoms with E-state index in [1.807, 2.05) is 25.1 Å². The fourth-order valence-corrected chi connectivity index (χ4v) is 3.04. The number of benzene rings is 2. The molecule has 1 atom stereocenters. The SMILES string of the molecule is CC(Nc1cccc2[nH]ncc12)c1c(Cl)ccc(F)c1Cl. The second-order valence-electron chi connectivity index (χ2n) is 4.76. The van der Waals surface area contributed by atoms with Crippen LogP contribution >= 0.6 is 23.2 Å². The zero-order chi connectivity index (χ0) is 15.0. The average molecular weight is 324 g/mol. The molecule has 2 N–H and O–H groups in total. The van der Waals surface area contributed by atoms with Crippen LogP contribution in [0.15, 0.2) is 36.5 Å². The van der Waals surface area contributed by atoms with Crippen molar-refractivity contribution in [2.45, 2.75) is 13.0 Å². The molecule has 0 radical (unpaired) electrons. The number of aromatic nitrogens is 2. The summed E-state index contributed by atoms with van der Waals surface area (Å²) in [6, 6.07) is 8.29. The summed E-state index contributed by atoms with van der Waals surface area (Å²) in [5, 5.41) is 11.6. The number of H-pyrrole nitrogens is 1. The Labute approximate surface area is 131 Å². The molecule has 2 aromatic carbocycles. The Morgan fingerprint density at radius 3 is 2.86 bits per heavy atom. The molecule has 0 saturated carbocycles. The number of anilines is 1. The smallest absolute Gasteiger partial charge is 0.142 e. The minimum Gasteiger partial charge on any atom is -0.378 e. The van der Waals surface area contributed by atoms with Gasteiger partial charge in [0.05, 0.1) is 22.8 Å². The average Bonchev–Trinajstić information content (AvgIpc) is 2.93. The Balaban J connectivity index is 1.99. The molecule has 108 valence electrons. The molecular weight excluding hydrogens is 312 g/mol. The molecule has 0 spiro atoms. The van der Waals surface area contributed by atoms with Crippen molar-refractivity contribution in [3.63, 3.8) is 0 Å². The molecule has 0 aliphatic rings. The standard InChI is InChI=1S/C15H12Cl2FN3/c1-8(14-10(16)5-6-11(18)15(14)17)20-12-3-2-4-13-9(12)7-19-21-13/h2-8,20H,1H3,(H,19,21). The maximum atomic E-state index is 13.6. The van der Waals surface area contributed by atoms with E-state index < -0.39 is 5.82 Å².